The minimum absolute atomic E-state index is 0.0439. The van der Waals surface area contributed by atoms with E-state index in [9.17, 15) is 8.42 Å². The number of nitrogens with two attached hydrogens (primary N) is 1. The van der Waals surface area contributed by atoms with Gasteiger partial charge in [0.05, 0.1) is 9.98 Å². The van der Waals surface area contributed by atoms with E-state index in [-0.39, 0.29) is 11.6 Å². The van der Waals surface area contributed by atoms with E-state index in [2.05, 4.69) is 30.8 Å². The molecule has 0 bridgehead atoms. The number of rotatable bonds is 6. The van der Waals surface area contributed by atoms with Gasteiger partial charge in [0.25, 0.3) is 10.0 Å². The normalized spacial score (nSPS) is 11.9. The number of aromatic amines is 1. The highest BCUT2D eigenvalue weighted by molar-refractivity contribution is 9.11. The molecule has 0 aliphatic rings. The highest BCUT2D eigenvalue weighted by atomic mass is 79.9. The van der Waals surface area contributed by atoms with E-state index < -0.39 is 10.0 Å². The molecule has 0 saturated heterocycles. The third-order valence-electron chi connectivity index (χ3n) is 2.46. The van der Waals surface area contributed by atoms with Crippen LogP contribution in [-0.2, 0) is 23.0 Å². The lowest BCUT2D eigenvalue weighted by Crippen LogP contribution is -2.27. The van der Waals surface area contributed by atoms with E-state index in [0.717, 1.165) is 8.66 Å². The van der Waals surface area contributed by atoms with Gasteiger partial charge in [-0.3, -0.25) is 5.10 Å². The van der Waals surface area contributed by atoms with Gasteiger partial charge in [0, 0.05) is 23.5 Å². The third-order valence-corrected chi connectivity index (χ3v) is 5.62. The van der Waals surface area contributed by atoms with Crippen molar-refractivity contribution in [1.82, 2.24) is 14.9 Å². The van der Waals surface area contributed by atoms with Crippen molar-refractivity contribution in [2.75, 3.05) is 6.54 Å². The summed E-state index contributed by atoms with van der Waals surface area (Å²) in [6.45, 7) is 0.461. The van der Waals surface area contributed by atoms with Crippen molar-refractivity contribution >= 4 is 37.3 Å². The van der Waals surface area contributed by atoms with Crippen molar-refractivity contribution in [2.45, 2.75) is 18.0 Å². The summed E-state index contributed by atoms with van der Waals surface area (Å²) < 4.78 is 27.6. The zero-order valence-electron chi connectivity index (χ0n) is 9.89. The number of nitrogens with zero attached hydrogens (tertiary/aromatic N) is 1. The van der Waals surface area contributed by atoms with Gasteiger partial charge in [-0.25, -0.2) is 13.1 Å². The molecule has 0 fully saturated rings. The second kappa shape index (κ2) is 6.14. The molecule has 2 heterocycles. The first-order valence-corrected chi connectivity index (χ1v) is 8.58. The largest absolute Gasteiger partial charge is 0.326 e. The van der Waals surface area contributed by atoms with Crippen LogP contribution in [0.5, 0.6) is 0 Å². The molecule has 4 N–H and O–H groups in total. The molecule has 0 aliphatic carbocycles. The standard InChI is InChI=1S/C10H13BrN4O2S2/c11-9-2-1-8(18-9)3-4-14-19(16,17)10-7(5-12)6-13-15-10/h1-2,6,14H,3-5,12H2,(H,13,15). The fraction of sp³-hybridized carbons (Fsp3) is 0.300. The van der Waals surface area contributed by atoms with E-state index in [1.807, 2.05) is 12.1 Å². The van der Waals surface area contributed by atoms with Crippen LogP contribution in [0.4, 0.5) is 0 Å². The van der Waals surface area contributed by atoms with E-state index in [1.54, 1.807) is 11.3 Å². The van der Waals surface area contributed by atoms with Crippen molar-refractivity contribution in [3.63, 3.8) is 0 Å². The van der Waals surface area contributed by atoms with Gasteiger partial charge < -0.3 is 5.73 Å². The van der Waals surface area contributed by atoms with Crippen LogP contribution in [0.3, 0.4) is 0 Å². The number of hydrogen-bond donors (Lipinski definition) is 3. The molecule has 9 heteroatoms. The Labute approximate surface area is 123 Å². The molecule has 0 aromatic carbocycles. The summed E-state index contributed by atoms with van der Waals surface area (Å²) in [5, 5.41) is 6.21. The molecule has 6 nitrogen and oxygen atoms in total. The molecule has 2 aromatic rings. The van der Waals surface area contributed by atoms with Crippen LogP contribution >= 0.6 is 27.3 Å². The Morgan fingerprint density at radius 1 is 1.47 bits per heavy atom. The van der Waals surface area contributed by atoms with Crippen molar-refractivity contribution < 1.29 is 8.42 Å². The number of H-pyrrole nitrogens is 1. The lowest BCUT2D eigenvalue weighted by atomic mass is 10.3. The fourth-order valence-corrected chi connectivity index (χ4v) is 4.20. The number of nitrogens with one attached hydrogen (secondary N) is 2. The highest BCUT2D eigenvalue weighted by Crippen LogP contribution is 2.22. The molecule has 0 unspecified atom stereocenters. The smallest absolute Gasteiger partial charge is 0.257 e. The molecule has 0 spiro atoms. The first-order valence-electron chi connectivity index (χ1n) is 5.49. The molecule has 0 amide bonds. The van der Waals surface area contributed by atoms with Crippen LogP contribution in [-0.4, -0.2) is 25.2 Å². The summed E-state index contributed by atoms with van der Waals surface area (Å²) >= 11 is 4.95. The predicted octanol–water partition coefficient (Wildman–Crippen LogP) is 1.21. The Hall–Kier alpha value is -0.740. The lowest BCUT2D eigenvalue weighted by Gasteiger charge is -2.05. The summed E-state index contributed by atoms with van der Waals surface area (Å²) in [5.74, 6) is 0. The average Bonchev–Trinajstić information content (AvgIpc) is 2.97. The van der Waals surface area contributed by atoms with Crippen molar-refractivity contribution in [3.8, 4) is 0 Å². The van der Waals surface area contributed by atoms with Gasteiger partial charge in [-0.1, -0.05) is 0 Å². The Kier molecular flexibility index (Phi) is 4.74. The third kappa shape index (κ3) is 3.63. The molecule has 0 aliphatic heterocycles. The zero-order valence-corrected chi connectivity index (χ0v) is 13.1. The molecular formula is C10H13BrN4O2S2. The van der Waals surface area contributed by atoms with Crippen molar-refractivity contribution in [2.24, 2.45) is 5.73 Å². The first kappa shape index (κ1) is 14.7. The molecule has 0 radical (unpaired) electrons. The molecule has 2 aromatic heterocycles. The highest BCUT2D eigenvalue weighted by Gasteiger charge is 2.19. The summed E-state index contributed by atoms with van der Waals surface area (Å²) in [4.78, 5) is 1.11. The van der Waals surface area contributed by atoms with E-state index in [1.165, 1.54) is 6.20 Å². The second-order valence-electron chi connectivity index (χ2n) is 3.78. The van der Waals surface area contributed by atoms with Crippen molar-refractivity contribution in [3.05, 3.63) is 32.6 Å². The minimum atomic E-state index is -3.58. The van der Waals surface area contributed by atoms with Crippen LogP contribution in [0.1, 0.15) is 10.4 Å². The summed E-state index contributed by atoms with van der Waals surface area (Å²) in [5.41, 5.74) is 5.94. The van der Waals surface area contributed by atoms with Crippen LogP contribution in [0.15, 0.2) is 27.1 Å². The first-order chi connectivity index (χ1) is 9.03. The number of sulfonamides is 1. The Bertz CT molecular complexity index is 650. The van der Waals surface area contributed by atoms with Crippen LogP contribution < -0.4 is 10.5 Å². The number of aromatic nitrogens is 2. The molecule has 19 heavy (non-hydrogen) atoms. The topological polar surface area (TPSA) is 101 Å². The summed E-state index contributed by atoms with van der Waals surface area (Å²) in [6, 6.07) is 3.90. The van der Waals surface area contributed by atoms with Crippen LogP contribution in [0.25, 0.3) is 0 Å². The fourth-order valence-electron chi connectivity index (χ4n) is 1.54. The van der Waals surface area contributed by atoms with Gasteiger partial charge in [-0.15, -0.1) is 11.3 Å². The zero-order chi connectivity index (χ0) is 13.9. The van der Waals surface area contributed by atoms with Gasteiger partial charge >= 0.3 is 0 Å². The Balaban J connectivity index is 1.98. The quantitative estimate of drug-likeness (QED) is 0.716. The maximum Gasteiger partial charge on any atom is 0.257 e. The maximum absolute atomic E-state index is 12.0. The van der Waals surface area contributed by atoms with Gasteiger partial charge in [-0.05, 0) is 34.5 Å². The second-order valence-corrected chi connectivity index (χ2v) is 8.03. The molecular weight excluding hydrogens is 352 g/mol. The Morgan fingerprint density at radius 2 is 2.26 bits per heavy atom. The number of hydrogen-bond acceptors (Lipinski definition) is 5. The maximum atomic E-state index is 12.0. The molecule has 0 saturated carbocycles. The summed E-state index contributed by atoms with van der Waals surface area (Å²) in [7, 11) is -3.58. The Morgan fingerprint density at radius 3 is 2.89 bits per heavy atom. The van der Waals surface area contributed by atoms with Gasteiger partial charge in [0.15, 0.2) is 5.03 Å². The SMILES string of the molecule is NCc1cn[nH]c1S(=O)(=O)NCCc1ccc(Br)s1. The van der Waals surface area contributed by atoms with E-state index in [0.29, 0.717) is 18.5 Å². The number of thiophene rings is 1. The summed E-state index contributed by atoms with van der Waals surface area (Å²) in [6.07, 6.45) is 2.06. The van der Waals surface area contributed by atoms with Gasteiger partial charge in [0.1, 0.15) is 0 Å². The van der Waals surface area contributed by atoms with Crippen LogP contribution in [0.2, 0.25) is 0 Å². The molecule has 2 rings (SSSR count). The minimum Gasteiger partial charge on any atom is -0.326 e. The van der Waals surface area contributed by atoms with Gasteiger partial charge in [-0.2, -0.15) is 5.10 Å². The van der Waals surface area contributed by atoms with Crippen LogP contribution in [0, 0.1) is 0 Å². The lowest BCUT2D eigenvalue weighted by molar-refractivity contribution is 0.576. The number of halogens is 1. The molecule has 104 valence electrons. The predicted molar refractivity (Wildman–Crippen MR) is 77.4 cm³/mol. The average molecular weight is 365 g/mol. The van der Waals surface area contributed by atoms with Crippen molar-refractivity contribution in [1.29, 1.82) is 0 Å². The van der Waals surface area contributed by atoms with E-state index >= 15 is 0 Å². The van der Waals surface area contributed by atoms with E-state index in [4.69, 9.17) is 5.73 Å². The monoisotopic (exact) mass is 364 g/mol. The van der Waals surface area contributed by atoms with Gasteiger partial charge in [0.2, 0.25) is 0 Å². The molecule has 0 atom stereocenters.